The lowest BCUT2D eigenvalue weighted by Gasteiger charge is -2.19. The number of nitrogens with zero attached hydrogens (tertiary/aromatic N) is 2. The summed E-state index contributed by atoms with van der Waals surface area (Å²) in [4.78, 5) is 0. The summed E-state index contributed by atoms with van der Waals surface area (Å²) < 4.78 is 4.30. The fourth-order valence-corrected chi connectivity index (χ4v) is 3.86. The van der Waals surface area contributed by atoms with Crippen molar-refractivity contribution >= 4 is 31.9 Å². The van der Waals surface area contributed by atoms with E-state index in [-0.39, 0.29) is 6.04 Å². The summed E-state index contributed by atoms with van der Waals surface area (Å²) in [6.07, 6.45) is 1.83. The second-order valence-corrected chi connectivity index (χ2v) is 6.79. The molecule has 2 aromatic rings. The predicted molar refractivity (Wildman–Crippen MR) is 94.7 cm³/mol. The highest BCUT2D eigenvalue weighted by atomic mass is 79.9. The second kappa shape index (κ2) is 7.07. The van der Waals surface area contributed by atoms with E-state index in [0.29, 0.717) is 0 Å². The summed E-state index contributed by atoms with van der Waals surface area (Å²) in [6.45, 7) is 4.25. The molecule has 0 radical (unpaired) electrons. The minimum atomic E-state index is 0.246. The predicted octanol–water partition coefficient (Wildman–Crippen LogP) is 4.32. The van der Waals surface area contributed by atoms with E-state index in [4.69, 9.17) is 0 Å². The highest BCUT2D eigenvalue weighted by Crippen LogP contribution is 2.31. The van der Waals surface area contributed by atoms with Crippen LogP contribution in [0.1, 0.15) is 35.5 Å². The number of benzene rings is 1. The van der Waals surface area contributed by atoms with Crippen LogP contribution in [0.25, 0.3) is 0 Å². The molecule has 114 valence electrons. The van der Waals surface area contributed by atoms with Crippen molar-refractivity contribution < 1.29 is 0 Å². The molecule has 21 heavy (non-hydrogen) atoms. The first kappa shape index (κ1) is 16.7. The summed E-state index contributed by atoms with van der Waals surface area (Å²) >= 11 is 7.42. The molecule has 1 unspecified atom stereocenters. The topological polar surface area (TPSA) is 29.9 Å². The monoisotopic (exact) mass is 413 g/mol. The maximum Gasteiger partial charge on any atom is 0.0766 e. The molecule has 2 rings (SSSR count). The first-order valence-corrected chi connectivity index (χ1v) is 8.70. The molecule has 0 aliphatic rings. The van der Waals surface area contributed by atoms with Crippen LogP contribution in [0.15, 0.2) is 27.1 Å². The van der Waals surface area contributed by atoms with Crippen molar-refractivity contribution in [2.24, 2.45) is 7.05 Å². The lowest BCUT2D eigenvalue weighted by atomic mass is 10.00. The van der Waals surface area contributed by atoms with Gasteiger partial charge in [0.2, 0.25) is 0 Å². The fraction of sp³-hybridized carbons (Fsp3) is 0.438. The van der Waals surface area contributed by atoms with E-state index in [1.54, 1.807) is 0 Å². The van der Waals surface area contributed by atoms with Gasteiger partial charge in [0.05, 0.1) is 15.9 Å². The largest absolute Gasteiger partial charge is 0.313 e. The summed E-state index contributed by atoms with van der Waals surface area (Å²) in [5.41, 5.74) is 4.87. The lowest BCUT2D eigenvalue weighted by Crippen LogP contribution is -2.21. The number of aromatic nitrogens is 2. The van der Waals surface area contributed by atoms with Crippen molar-refractivity contribution in [2.75, 3.05) is 7.05 Å². The van der Waals surface area contributed by atoms with E-state index in [1.807, 2.05) is 18.8 Å². The Labute approximate surface area is 143 Å². The van der Waals surface area contributed by atoms with E-state index in [0.717, 1.165) is 23.0 Å². The molecule has 0 amide bonds. The Bertz CT molecular complexity index is 635. The quantitative estimate of drug-likeness (QED) is 0.789. The molecule has 0 spiro atoms. The van der Waals surface area contributed by atoms with Crippen LogP contribution in [-0.2, 0) is 19.9 Å². The molecule has 1 aromatic carbocycles. The van der Waals surface area contributed by atoms with Gasteiger partial charge >= 0.3 is 0 Å². The smallest absolute Gasteiger partial charge is 0.0766 e. The van der Waals surface area contributed by atoms with Crippen LogP contribution in [-0.4, -0.2) is 16.8 Å². The van der Waals surface area contributed by atoms with Gasteiger partial charge in [0.1, 0.15) is 0 Å². The molecule has 0 bridgehead atoms. The number of aryl methyl sites for hydroxylation is 3. The highest BCUT2D eigenvalue weighted by molar-refractivity contribution is 9.10. The van der Waals surface area contributed by atoms with Gasteiger partial charge in [-0.25, -0.2) is 0 Å². The molecule has 0 aliphatic carbocycles. The molecule has 5 heteroatoms. The van der Waals surface area contributed by atoms with Gasteiger partial charge in [0.25, 0.3) is 0 Å². The van der Waals surface area contributed by atoms with Gasteiger partial charge in [-0.15, -0.1) is 0 Å². The Balaban J connectivity index is 2.36. The number of rotatable bonds is 5. The van der Waals surface area contributed by atoms with Gasteiger partial charge in [-0.2, -0.15) is 5.10 Å². The Morgan fingerprint density at radius 2 is 2.00 bits per heavy atom. The van der Waals surface area contributed by atoms with Gasteiger partial charge < -0.3 is 5.32 Å². The zero-order chi connectivity index (χ0) is 15.6. The van der Waals surface area contributed by atoms with Crippen LogP contribution in [0.4, 0.5) is 0 Å². The molecule has 0 fully saturated rings. The second-order valence-electron chi connectivity index (χ2n) is 5.21. The van der Waals surface area contributed by atoms with Crippen LogP contribution in [0.2, 0.25) is 0 Å². The van der Waals surface area contributed by atoms with Crippen molar-refractivity contribution in [3.63, 3.8) is 0 Å². The highest BCUT2D eigenvalue weighted by Gasteiger charge is 2.20. The zero-order valence-corrected chi connectivity index (χ0v) is 16.0. The summed E-state index contributed by atoms with van der Waals surface area (Å²) in [6, 6.07) is 6.64. The van der Waals surface area contributed by atoms with E-state index in [2.05, 4.69) is 74.3 Å². The standard InChI is InChI=1S/C16H21Br2N3/c1-5-12-16(18)14(21(4)20-12)9-13(19-3)11-8-6-7-10(2)15(11)17/h6-8,13,19H,5,9H2,1-4H3. The molecule has 0 aliphatic heterocycles. The Kier molecular flexibility index (Phi) is 5.63. The number of nitrogens with one attached hydrogen (secondary N) is 1. The van der Waals surface area contributed by atoms with Gasteiger partial charge in [0.15, 0.2) is 0 Å². The molecule has 1 aromatic heterocycles. The number of hydrogen-bond donors (Lipinski definition) is 1. The number of hydrogen-bond acceptors (Lipinski definition) is 2. The van der Waals surface area contributed by atoms with Crippen LogP contribution in [0, 0.1) is 6.92 Å². The molecule has 3 nitrogen and oxygen atoms in total. The number of likely N-dealkylation sites (N-methyl/N-ethyl adjacent to an activating group) is 1. The molecule has 0 saturated heterocycles. The van der Waals surface area contributed by atoms with Crippen LogP contribution < -0.4 is 5.32 Å². The molecule has 0 saturated carbocycles. The van der Waals surface area contributed by atoms with Gasteiger partial charge in [-0.3, -0.25) is 4.68 Å². The minimum Gasteiger partial charge on any atom is -0.313 e. The van der Waals surface area contributed by atoms with Crippen molar-refractivity contribution in [2.45, 2.75) is 32.7 Å². The van der Waals surface area contributed by atoms with E-state index in [1.165, 1.54) is 21.3 Å². The van der Waals surface area contributed by atoms with E-state index >= 15 is 0 Å². The summed E-state index contributed by atoms with van der Waals surface area (Å²) in [5, 5.41) is 8.00. The molecule has 1 heterocycles. The molecular formula is C16H21Br2N3. The van der Waals surface area contributed by atoms with Crippen LogP contribution >= 0.6 is 31.9 Å². The third-order valence-electron chi connectivity index (χ3n) is 3.85. The molecule has 1 atom stereocenters. The SMILES string of the molecule is CCc1nn(C)c(CC(NC)c2cccc(C)c2Br)c1Br. The maximum atomic E-state index is 4.58. The van der Waals surface area contributed by atoms with Crippen molar-refractivity contribution in [3.8, 4) is 0 Å². The van der Waals surface area contributed by atoms with Crippen molar-refractivity contribution in [3.05, 3.63) is 49.7 Å². The molecule has 1 N–H and O–H groups in total. The van der Waals surface area contributed by atoms with E-state index < -0.39 is 0 Å². The first-order valence-electron chi connectivity index (χ1n) is 7.12. The Hall–Kier alpha value is -0.650. The minimum absolute atomic E-state index is 0.246. The fourth-order valence-electron chi connectivity index (χ4n) is 2.54. The van der Waals surface area contributed by atoms with Crippen LogP contribution in [0.3, 0.4) is 0 Å². The lowest BCUT2D eigenvalue weighted by molar-refractivity contribution is 0.558. The van der Waals surface area contributed by atoms with Crippen LogP contribution in [0.5, 0.6) is 0 Å². The van der Waals surface area contributed by atoms with E-state index in [9.17, 15) is 0 Å². The Morgan fingerprint density at radius 3 is 2.57 bits per heavy atom. The Morgan fingerprint density at radius 1 is 1.29 bits per heavy atom. The normalized spacial score (nSPS) is 12.7. The maximum absolute atomic E-state index is 4.58. The first-order chi connectivity index (χ1) is 9.99. The van der Waals surface area contributed by atoms with Crippen molar-refractivity contribution in [1.82, 2.24) is 15.1 Å². The zero-order valence-electron chi connectivity index (χ0n) is 12.9. The summed E-state index contributed by atoms with van der Waals surface area (Å²) in [5.74, 6) is 0. The number of halogens is 2. The van der Waals surface area contributed by atoms with Gasteiger partial charge in [0, 0.05) is 24.0 Å². The average molecular weight is 415 g/mol. The summed E-state index contributed by atoms with van der Waals surface area (Å²) in [7, 11) is 4.02. The van der Waals surface area contributed by atoms with Gasteiger partial charge in [-0.05, 0) is 47.4 Å². The van der Waals surface area contributed by atoms with Gasteiger partial charge in [-0.1, -0.05) is 41.1 Å². The van der Waals surface area contributed by atoms with Crippen molar-refractivity contribution in [1.29, 1.82) is 0 Å². The molecular weight excluding hydrogens is 394 g/mol. The third-order valence-corrected chi connectivity index (χ3v) is 5.84. The average Bonchev–Trinajstić information content (AvgIpc) is 2.74. The third kappa shape index (κ3) is 3.41.